The van der Waals surface area contributed by atoms with Crippen LogP contribution in [0.2, 0.25) is 0 Å². The molecule has 2 unspecified atom stereocenters. The van der Waals surface area contributed by atoms with E-state index in [0.29, 0.717) is 25.8 Å². The predicted molar refractivity (Wildman–Crippen MR) is 233 cm³/mol. The summed E-state index contributed by atoms with van der Waals surface area (Å²) < 4.78 is 4.26. The molecule has 5 heterocycles. The average Bonchev–Trinajstić information content (AvgIpc) is 3.69. The summed E-state index contributed by atoms with van der Waals surface area (Å²) in [6.07, 6.45) is 6.46. The Morgan fingerprint density at radius 3 is 2.64 bits per heavy atom. The maximum absolute atomic E-state index is 13.2. The summed E-state index contributed by atoms with van der Waals surface area (Å²) in [5, 5.41) is 25.0. The fraction of sp³-hybridized carbons (Fsp3) is 0.370. The Labute approximate surface area is 346 Å². The SMILES string of the molecule is C[C@@H]1CNc2c(sc3ccc4nc(-c5ccc(C#CCCNC(=O)CCCCCCCc6cccc7c6n(C)c(=O)n7C6CCC(=O)NC6=O)cc5)ccc4c23)C(O)N1. The van der Waals surface area contributed by atoms with Gasteiger partial charge >= 0.3 is 5.69 Å². The number of rotatable bonds is 12. The molecule has 0 spiro atoms. The molecule has 0 radical (unpaired) electrons. The second-order valence-electron chi connectivity index (χ2n) is 15.6. The summed E-state index contributed by atoms with van der Waals surface area (Å²) >= 11 is 1.60. The monoisotopic (exact) mass is 811 g/mol. The lowest BCUT2D eigenvalue weighted by Crippen LogP contribution is -2.44. The van der Waals surface area contributed by atoms with Crippen molar-refractivity contribution in [2.24, 2.45) is 7.05 Å². The zero-order chi connectivity index (χ0) is 41.0. The molecule has 3 atom stereocenters. The van der Waals surface area contributed by atoms with Crippen molar-refractivity contribution in [3.8, 4) is 23.1 Å². The van der Waals surface area contributed by atoms with Crippen molar-refractivity contribution in [2.45, 2.75) is 89.4 Å². The molecule has 12 nitrogen and oxygen atoms in total. The smallest absolute Gasteiger partial charge is 0.329 e. The number of nitrogens with zero attached hydrogens (tertiary/aromatic N) is 3. The molecule has 2 aliphatic rings. The van der Waals surface area contributed by atoms with Crippen molar-refractivity contribution in [3.63, 3.8) is 0 Å². The lowest BCUT2D eigenvalue weighted by Gasteiger charge is -2.21. The summed E-state index contributed by atoms with van der Waals surface area (Å²) in [4.78, 5) is 55.7. The van der Waals surface area contributed by atoms with Gasteiger partial charge in [0.05, 0.1) is 32.8 Å². The molecule has 3 aromatic heterocycles. The van der Waals surface area contributed by atoms with E-state index < -0.39 is 18.2 Å². The summed E-state index contributed by atoms with van der Waals surface area (Å²) in [6.45, 7) is 3.29. The van der Waals surface area contributed by atoms with Crippen LogP contribution in [0.3, 0.4) is 0 Å². The molecule has 6 aromatic rings. The number of fused-ring (bicyclic) bond motifs is 6. The number of aryl methyl sites for hydroxylation is 2. The minimum absolute atomic E-state index is 0.0442. The number of hydrogen-bond donors (Lipinski definition) is 5. The minimum atomic E-state index is -0.701. The van der Waals surface area contributed by atoms with Crippen molar-refractivity contribution in [3.05, 3.63) is 93.2 Å². The molecule has 1 fully saturated rings. The number of piperidine rings is 1. The average molecular weight is 812 g/mol. The van der Waals surface area contributed by atoms with Crippen LogP contribution in [-0.2, 0) is 27.9 Å². The largest absolute Gasteiger partial charge is 0.382 e. The number of aliphatic hydroxyl groups excluding tert-OH is 1. The number of anilines is 1. The molecule has 304 valence electrons. The van der Waals surface area contributed by atoms with Gasteiger partial charge in [0, 0.05) is 72.0 Å². The molecule has 0 bridgehead atoms. The van der Waals surface area contributed by atoms with E-state index in [1.54, 1.807) is 23.0 Å². The molecule has 0 saturated carbocycles. The first-order chi connectivity index (χ1) is 28.7. The number of aliphatic hydroxyl groups is 1. The minimum Gasteiger partial charge on any atom is -0.382 e. The third-order valence-electron chi connectivity index (χ3n) is 11.4. The van der Waals surface area contributed by atoms with Crippen LogP contribution in [0.1, 0.15) is 93.0 Å². The second-order valence-corrected chi connectivity index (χ2v) is 16.7. The van der Waals surface area contributed by atoms with E-state index in [0.717, 1.165) is 110 Å². The van der Waals surface area contributed by atoms with Crippen molar-refractivity contribution in [1.29, 1.82) is 0 Å². The summed E-state index contributed by atoms with van der Waals surface area (Å²) in [5.41, 5.74) is 7.05. The lowest BCUT2D eigenvalue weighted by molar-refractivity contribution is -0.135. The van der Waals surface area contributed by atoms with Gasteiger partial charge < -0.3 is 15.7 Å². The summed E-state index contributed by atoms with van der Waals surface area (Å²) in [5.74, 6) is 5.69. The number of para-hydroxylation sites is 1. The molecule has 13 heteroatoms. The Morgan fingerprint density at radius 2 is 1.81 bits per heavy atom. The fourth-order valence-corrected chi connectivity index (χ4v) is 9.47. The highest BCUT2D eigenvalue weighted by Gasteiger charge is 2.31. The second kappa shape index (κ2) is 17.6. The predicted octanol–water partition coefficient (Wildman–Crippen LogP) is 6.58. The summed E-state index contributed by atoms with van der Waals surface area (Å²) in [7, 11) is 1.73. The number of hydrogen-bond acceptors (Lipinski definition) is 9. The number of imide groups is 1. The van der Waals surface area contributed by atoms with Crippen molar-refractivity contribution < 1.29 is 19.5 Å². The van der Waals surface area contributed by atoms with Crippen LogP contribution in [0.5, 0.6) is 0 Å². The number of unbranched alkanes of at least 4 members (excludes halogenated alkanes) is 4. The molecule has 1 saturated heterocycles. The first-order valence-corrected chi connectivity index (χ1v) is 21.4. The van der Waals surface area contributed by atoms with E-state index >= 15 is 0 Å². The third-order valence-corrected chi connectivity index (χ3v) is 12.6. The molecule has 2 aliphatic heterocycles. The van der Waals surface area contributed by atoms with Crippen LogP contribution in [0.4, 0.5) is 5.69 Å². The van der Waals surface area contributed by atoms with E-state index in [1.807, 2.05) is 54.6 Å². The molecule has 59 heavy (non-hydrogen) atoms. The molecule has 0 aliphatic carbocycles. The van der Waals surface area contributed by atoms with Gasteiger partial charge in [-0.2, -0.15) is 0 Å². The molecule has 3 aromatic carbocycles. The Balaban J connectivity index is 0.754. The Bertz CT molecular complexity index is 2690. The van der Waals surface area contributed by atoms with E-state index in [-0.39, 0.29) is 30.0 Å². The number of imidazole rings is 1. The Morgan fingerprint density at radius 1 is 1.00 bits per heavy atom. The fourth-order valence-electron chi connectivity index (χ4n) is 8.33. The zero-order valence-electron chi connectivity index (χ0n) is 33.4. The van der Waals surface area contributed by atoms with E-state index in [9.17, 15) is 24.3 Å². The lowest BCUT2D eigenvalue weighted by atomic mass is 10.0. The highest BCUT2D eigenvalue weighted by molar-refractivity contribution is 7.20. The topological polar surface area (TPSA) is 159 Å². The van der Waals surface area contributed by atoms with Crippen LogP contribution in [0.25, 0.3) is 43.3 Å². The van der Waals surface area contributed by atoms with Gasteiger partial charge in [-0.15, -0.1) is 11.3 Å². The summed E-state index contributed by atoms with van der Waals surface area (Å²) in [6, 6.07) is 21.6. The van der Waals surface area contributed by atoms with Gasteiger partial charge in [0.1, 0.15) is 12.3 Å². The van der Waals surface area contributed by atoms with Crippen LogP contribution in [0, 0.1) is 11.8 Å². The maximum Gasteiger partial charge on any atom is 0.329 e. The zero-order valence-corrected chi connectivity index (χ0v) is 34.2. The Kier molecular flexibility index (Phi) is 11.9. The molecule has 8 rings (SSSR count). The van der Waals surface area contributed by atoms with Crippen LogP contribution >= 0.6 is 11.3 Å². The highest BCUT2D eigenvalue weighted by atomic mass is 32.1. The van der Waals surface area contributed by atoms with Gasteiger partial charge in [-0.3, -0.25) is 34.2 Å². The van der Waals surface area contributed by atoms with Gasteiger partial charge in [-0.25, -0.2) is 9.78 Å². The number of pyridine rings is 1. The van der Waals surface area contributed by atoms with Crippen molar-refractivity contribution in [2.75, 3.05) is 18.4 Å². The van der Waals surface area contributed by atoms with Crippen LogP contribution < -0.4 is 27.0 Å². The standard InChI is InChI=1S/C46H49N7O5S/c1-28-27-48-41-40-32-20-21-33(50-34(32)22-24-37(40)59-43(41)45(57)49-28)30-18-16-29(17-19-30)11-8-9-26-47-38(54)15-7-5-3-4-6-12-31-13-10-14-35-42(31)52(2)46(58)53(35)36-23-25-39(55)51-44(36)56/h10,13-14,16-22,24,28,36,45,48-49,57H,3-7,9,12,15,23,25-27H2,1-2H3,(H,47,54)(H,51,55,56)/t28-,36?,45?/m1/s1. The number of aromatic nitrogens is 3. The molecule has 5 N–H and O–H groups in total. The van der Waals surface area contributed by atoms with E-state index in [2.05, 4.69) is 52.2 Å². The molecule has 3 amide bonds. The van der Waals surface area contributed by atoms with E-state index in [4.69, 9.17) is 4.98 Å². The van der Waals surface area contributed by atoms with Gasteiger partial charge in [0.2, 0.25) is 17.7 Å². The normalized spacial score (nSPS) is 17.9. The number of amides is 3. The van der Waals surface area contributed by atoms with Gasteiger partial charge in [-0.1, -0.05) is 55.4 Å². The van der Waals surface area contributed by atoms with Gasteiger partial charge in [0.25, 0.3) is 0 Å². The van der Waals surface area contributed by atoms with Gasteiger partial charge in [-0.05, 0) is 80.6 Å². The third kappa shape index (κ3) is 8.52. The first kappa shape index (κ1) is 40.0. The number of thiophene rings is 1. The Hall–Kier alpha value is -5.81. The van der Waals surface area contributed by atoms with Crippen molar-refractivity contribution >= 4 is 66.8 Å². The molecular formula is C46H49N7O5S. The highest BCUT2D eigenvalue weighted by Crippen LogP contribution is 2.43. The number of benzene rings is 3. The number of carbonyl (C=O) groups is 3. The van der Waals surface area contributed by atoms with Crippen LogP contribution in [0.15, 0.2) is 71.5 Å². The van der Waals surface area contributed by atoms with Gasteiger partial charge in [0.15, 0.2) is 0 Å². The quantitative estimate of drug-likeness (QED) is 0.0527. The number of nitrogens with one attached hydrogen (secondary N) is 4. The van der Waals surface area contributed by atoms with Crippen LogP contribution in [-0.4, -0.2) is 56.1 Å². The first-order valence-electron chi connectivity index (χ1n) is 20.6. The maximum atomic E-state index is 13.2. The molecular weight excluding hydrogens is 763 g/mol. The number of carbonyl (C=O) groups excluding carboxylic acids is 3. The van der Waals surface area contributed by atoms with Crippen molar-refractivity contribution in [1.82, 2.24) is 30.1 Å². The van der Waals surface area contributed by atoms with E-state index in [1.165, 1.54) is 4.57 Å².